The number of imidazole rings is 1. The second-order valence-corrected chi connectivity index (χ2v) is 8.73. The van der Waals surface area contributed by atoms with E-state index in [0.717, 1.165) is 0 Å². The second-order valence-electron chi connectivity index (χ2n) is 8.73. The van der Waals surface area contributed by atoms with Gasteiger partial charge in [0.1, 0.15) is 18.1 Å². The van der Waals surface area contributed by atoms with Crippen LogP contribution in [0.4, 0.5) is 0 Å². The number of rotatable bonds is 15. The zero-order valence-corrected chi connectivity index (χ0v) is 21.1. The number of amides is 3. The Morgan fingerprint density at radius 1 is 0.974 bits per heavy atom. The summed E-state index contributed by atoms with van der Waals surface area (Å²) in [7, 11) is 0. The molecule has 0 bridgehead atoms. The molecular weight excluding hydrogens is 494 g/mol. The van der Waals surface area contributed by atoms with Crippen molar-refractivity contribution in [1.29, 1.82) is 0 Å². The Morgan fingerprint density at radius 3 is 2.18 bits per heavy atom. The summed E-state index contributed by atoms with van der Waals surface area (Å²) in [5, 5.41) is 17.4. The van der Waals surface area contributed by atoms with Gasteiger partial charge in [0, 0.05) is 31.3 Å². The molecule has 0 fully saturated rings. The highest BCUT2D eigenvalue weighted by Gasteiger charge is 2.30. The molecule has 1 heterocycles. The Hall–Kier alpha value is -4.46. The first-order valence-electron chi connectivity index (χ1n) is 12.0. The van der Waals surface area contributed by atoms with Gasteiger partial charge < -0.3 is 43.2 Å². The fourth-order valence-corrected chi connectivity index (χ4v) is 3.50. The van der Waals surface area contributed by atoms with Gasteiger partial charge in [0.15, 0.2) is 5.96 Å². The fraction of sp³-hybridized carbons (Fsp3) is 0.417. The number of carbonyl (C=O) groups is 4. The molecule has 1 aromatic carbocycles. The van der Waals surface area contributed by atoms with Crippen molar-refractivity contribution in [3.05, 3.63) is 54.1 Å². The van der Waals surface area contributed by atoms with E-state index >= 15 is 0 Å². The van der Waals surface area contributed by atoms with Gasteiger partial charge in [-0.25, -0.2) is 9.78 Å². The van der Waals surface area contributed by atoms with Gasteiger partial charge in [-0.15, -0.1) is 0 Å². The molecule has 4 unspecified atom stereocenters. The summed E-state index contributed by atoms with van der Waals surface area (Å²) in [4.78, 5) is 61.2. The molecule has 0 radical (unpaired) electrons. The highest BCUT2D eigenvalue weighted by molar-refractivity contribution is 5.94. The molecule has 14 heteroatoms. The maximum atomic E-state index is 13.2. The van der Waals surface area contributed by atoms with Gasteiger partial charge in [0.25, 0.3) is 0 Å². The van der Waals surface area contributed by atoms with Crippen LogP contribution in [0.1, 0.15) is 31.0 Å². The topological polar surface area (TPSA) is 244 Å². The van der Waals surface area contributed by atoms with Crippen LogP contribution in [0.15, 0.2) is 47.8 Å². The van der Waals surface area contributed by atoms with E-state index in [0.29, 0.717) is 17.7 Å². The van der Waals surface area contributed by atoms with Crippen LogP contribution in [0.2, 0.25) is 0 Å². The van der Waals surface area contributed by atoms with Crippen LogP contribution >= 0.6 is 0 Å². The van der Waals surface area contributed by atoms with Crippen molar-refractivity contribution in [1.82, 2.24) is 25.9 Å². The number of guanidine groups is 1. The van der Waals surface area contributed by atoms with Crippen LogP contribution in [-0.2, 0) is 32.0 Å². The minimum Gasteiger partial charge on any atom is -0.480 e. The average molecular weight is 530 g/mol. The molecule has 2 rings (SSSR count). The summed E-state index contributed by atoms with van der Waals surface area (Å²) in [6, 6.07) is 4.50. The summed E-state index contributed by atoms with van der Waals surface area (Å²) in [5.74, 6) is -3.26. The van der Waals surface area contributed by atoms with Gasteiger partial charge in [-0.2, -0.15) is 0 Å². The molecule has 14 nitrogen and oxygen atoms in total. The molecule has 0 spiro atoms. The summed E-state index contributed by atoms with van der Waals surface area (Å²) in [6.07, 6.45) is 3.45. The number of aromatic nitrogens is 2. The SMILES string of the molecule is CC(N)C(=O)NC(CCCN=C(N)N)C(=O)NC(Cc1cnc[nH]1)C(=O)NC(Cc1ccccc1)C(=O)O. The molecule has 206 valence electrons. The first kappa shape index (κ1) is 29.8. The number of aliphatic carboxylic acids is 1. The second kappa shape index (κ2) is 14.9. The highest BCUT2D eigenvalue weighted by atomic mass is 16.4. The number of H-pyrrole nitrogens is 1. The van der Waals surface area contributed by atoms with Gasteiger partial charge >= 0.3 is 5.97 Å². The van der Waals surface area contributed by atoms with Crippen molar-refractivity contribution in [2.75, 3.05) is 6.54 Å². The molecule has 0 aliphatic rings. The summed E-state index contributed by atoms with van der Waals surface area (Å²) >= 11 is 0. The van der Waals surface area contributed by atoms with E-state index in [9.17, 15) is 24.3 Å². The number of carbonyl (C=O) groups excluding carboxylic acids is 3. The zero-order valence-electron chi connectivity index (χ0n) is 21.1. The van der Waals surface area contributed by atoms with Crippen LogP contribution in [0.3, 0.4) is 0 Å². The molecular formula is C24H35N9O5. The third kappa shape index (κ3) is 10.3. The van der Waals surface area contributed by atoms with Gasteiger partial charge in [0.05, 0.1) is 12.4 Å². The molecule has 2 aromatic rings. The maximum Gasteiger partial charge on any atom is 0.326 e. The van der Waals surface area contributed by atoms with Crippen molar-refractivity contribution in [2.45, 2.75) is 56.8 Å². The van der Waals surface area contributed by atoms with Crippen LogP contribution in [-0.4, -0.2) is 75.4 Å². The quantitative estimate of drug-likeness (QED) is 0.0731. The molecule has 0 saturated heterocycles. The van der Waals surface area contributed by atoms with Crippen LogP contribution < -0.4 is 33.2 Å². The standard InChI is InChI=1S/C24H35N9O5/c1-14(25)20(34)31-17(8-5-9-29-24(26)27)21(35)32-18(11-16-12-28-13-30-16)22(36)33-19(23(37)38)10-15-6-3-2-4-7-15/h2-4,6-7,12-14,17-19H,5,8-11,25H2,1H3,(H,28,30)(H,31,34)(H,32,35)(H,33,36)(H,37,38)(H4,26,27,29). The first-order chi connectivity index (χ1) is 18.1. The Bertz CT molecular complexity index is 1090. The summed E-state index contributed by atoms with van der Waals surface area (Å²) < 4.78 is 0. The van der Waals surface area contributed by atoms with E-state index in [1.165, 1.54) is 19.4 Å². The van der Waals surface area contributed by atoms with E-state index in [-0.39, 0.29) is 31.8 Å². The number of hydrogen-bond acceptors (Lipinski definition) is 7. The van der Waals surface area contributed by atoms with Crippen molar-refractivity contribution in [3.63, 3.8) is 0 Å². The van der Waals surface area contributed by atoms with Crippen molar-refractivity contribution in [2.24, 2.45) is 22.2 Å². The molecule has 11 N–H and O–H groups in total. The van der Waals surface area contributed by atoms with Gasteiger partial charge in [-0.05, 0) is 25.3 Å². The Morgan fingerprint density at radius 2 is 1.61 bits per heavy atom. The lowest BCUT2D eigenvalue weighted by molar-refractivity contribution is -0.142. The van der Waals surface area contributed by atoms with Gasteiger partial charge in [0.2, 0.25) is 17.7 Å². The van der Waals surface area contributed by atoms with E-state index in [4.69, 9.17) is 17.2 Å². The Balaban J connectivity index is 2.19. The summed E-state index contributed by atoms with van der Waals surface area (Å²) in [6.45, 7) is 1.69. The Labute approximate surface area is 219 Å². The number of nitrogens with zero attached hydrogens (tertiary/aromatic N) is 2. The highest BCUT2D eigenvalue weighted by Crippen LogP contribution is 2.07. The molecule has 0 saturated carbocycles. The molecule has 38 heavy (non-hydrogen) atoms. The predicted octanol–water partition coefficient (Wildman–Crippen LogP) is -1.87. The van der Waals surface area contributed by atoms with E-state index in [1.807, 2.05) is 0 Å². The molecule has 1 aromatic heterocycles. The monoisotopic (exact) mass is 529 g/mol. The molecule has 4 atom stereocenters. The molecule has 0 aliphatic heterocycles. The third-order valence-electron chi connectivity index (χ3n) is 5.50. The lowest BCUT2D eigenvalue weighted by Crippen LogP contribution is -2.57. The number of carboxylic acids is 1. The number of aliphatic imine (C=N–C) groups is 1. The Kier molecular flexibility index (Phi) is 11.7. The third-order valence-corrected chi connectivity index (χ3v) is 5.50. The fourth-order valence-electron chi connectivity index (χ4n) is 3.50. The van der Waals surface area contributed by atoms with Crippen LogP contribution in [0, 0.1) is 0 Å². The predicted molar refractivity (Wildman–Crippen MR) is 139 cm³/mol. The lowest BCUT2D eigenvalue weighted by Gasteiger charge is -2.25. The summed E-state index contributed by atoms with van der Waals surface area (Å²) in [5.41, 5.74) is 17.5. The normalized spacial score (nSPS) is 13.8. The minimum atomic E-state index is -1.24. The van der Waals surface area contributed by atoms with Gasteiger partial charge in [-0.1, -0.05) is 30.3 Å². The van der Waals surface area contributed by atoms with E-state index < -0.39 is 47.9 Å². The number of aromatic amines is 1. The number of nitrogens with two attached hydrogens (primary N) is 3. The largest absolute Gasteiger partial charge is 0.480 e. The molecule has 0 aliphatic carbocycles. The maximum absolute atomic E-state index is 13.2. The van der Waals surface area contributed by atoms with Crippen molar-refractivity contribution < 1.29 is 24.3 Å². The zero-order chi connectivity index (χ0) is 28.1. The number of hydrogen-bond donors (Lipinski definition) is 8. The van der Waals surface area contributed by atoms with Crippen molar-refractivity contribution >= 4 is 29.7 Å². The van der Waals surface area contributed by atoms with Gasteiger partial charge in [-0.3, -0.25) is 19.4 Å². The van der Waals surface area contributed by atoms with E-state index in [2.05, 4.69) is 30.9 Å². The number of nitrogens with one attached hydrogen (secondary N) is 4. The van der Waals surface area contributed by atoms with Crippen LogP contribution in [0.25, 0.3) is 0 Å². The minimum absolute atomic E-state index is 0.00277. The van der Waals surface area contributed by atoms with Crippen LogP contribution in [0.5, 0.6) is 0 Å². The molecule has 3 amide bonds. The number of benzene rings is 1. The van der Waals surface area contributed by atoms with Crippen molar-refractivity contribution in [3.8, 4) is 0 Å². The smallest absolute Gasteiger partial charge is 0.326 e. The first-order valence-corrected chi connectivity index (χ1v) is 12.0. The number of carboxylic acid groups (broad SMARTS) is 1. The lowest BCUT2D eigenvalue weighted by atomic mass is 10.0. The van der Waals surface area contributed by atoms with E-state index in [1.54, 1.807) is 30.3 Å². The average Bonchev–Trinajstić information content (AvgIpc) is 3.38.